The molecule has 0 aromatic heterocycles. The predicted molar refractivity (Wildman–Crippen MR) is 98.2 cm³/mol. The van der Waals surface area contributed by atoms with Gasteiger partial charge in [-0.25, -0.2) is 0 Å². The van der Waals surface area contributed by atoms with Crippen LogP contribution < -0.4 is 19.5 Å². The van der Waals surface area contributed by atoms with Crippen LogP contribution in [0, 0.1) is 6.92 Å². The molecule has 0 bridgehead atoms. The number of benzene rings is 2. The second-order valence-corrected chi connectivity index (χ2v) is 6.04. The van der Waals surface area contributed by atoms with Gasteiger partial charge in [0.25, 0.3) is 5.91 Å². The molecule has 6 heteroatoms. The van der Waals surface area contributed by atoms with Crippen LogP contribution in [0.15, 0.2) is 30.3 Å². The van der Waals surface area contributed by atoms with Crippen molar-refractivity contribution in [1.29, 1.82) is 0 Å². The summed E-state index contributed by atoms with van der Waals surface area (Å²) in [5.41, 5.74) is 2.38. The average Bonchev–Trinajstić information content (AvgIpc) is 2.60. The average molecular weight is 364 g/mol. The Hall–Kier alpha value is -2.40. The third kappa shape index (κ3) is 4.17. The van der Waals surface area contributed by atoms with Gasteiger partial charge >= 0.3 is 0 Å². The molecule has 0 aliphatic carbocycles. The van der Waals surface area contributed by atoms with Gasteiger partial charge in [0, 0.05) is 11.1 Å². The van der Waals surface area contributed by atoms with Crippen LogP contribution in [0.4, 0.5) is 0 Å². The first-order chi connectivity index (χ1) is 11.9. The molecule has 0 fully saturated rings. The highest BCUT2D eigenvalue weighted by Crippen LogP contribution is 2.36. The lowest BCUT2D eigenvalue weighted by molar-refractivity contribution is 0.0939. The monoisotopic (exact) mass is 363 g/mol. The molecule has 0 heterocycles. The summed E-state index contributed by atoms with van der Waals surface area (Å²) in [4.78, 5) is 12.6. The van der Waals surface area contributed by atoms with Crippen molar-refractivity contribution in [3.63, 3.8) is 0 Å². The SMILES string of the molecule is COc1ccc(C)cc1C(C)NC(=O)c1cc(Cl)c(OC)c(OC)c1. The third-order valence-electron chi connectivity index (χ3n) is 3.90. The van der Waals surface area contributed by atoms with Crippen molar-refractivity contribution in [3.05, 3.63) is 52.0 Å². The van der Waals surface area contributed by atoms with Crippen LogP contribution in [0.5, 0.6) is 17.2 Å². The van der Waals surface area contributed by atoms with Crippen LogP contribution in [0.1, 0.15) is 34.5 Å². The molecular weight excluding hydrogens is 342 g/mol. The number of nitrogens with one attached hydrogen (secondary N) is 1. The van der Waals surface area contributed by atoms with Gasteiger partial charge in [-0.05, 0) is 32.0 Å². The number of hydrogen-bond donors (Lipinski definition) is 1. The number of aryl methyl sites for hydroxylation is 1. The Labute approximate surface area is 152 Å². The van der Waals surface area contributed by atoms with Crippen LogP contribution in [0.3, 0.4) is 0 Å². The van der Waals surface area contributed by atoms with Crippen molar-refractivity contribution >= 4 is 17.5 Å². The molecule has 2 aromatic carbocycles. The van der Waals surface area contributed by atoms with Gasteiger partial charge in [-0.2, -0.15) is 0 Å². The largest absolute Gasteiger partial charge is 0.496 e. The second kappa shape index (κ2) is 8.12. The lowest BCUT2D eigenvalue weighted by Gasteiger charge is -2.19. The van der Waals surface area contributed by atoms with Crippen molar-refractivity contribution in [1.82, 2.24) is 5.32 Å². The normalized spacial score (nSPS) is 11.6. The van der Waals surface area contributed by atoms with E-state index in [2.05, 4.69) is 5.32 Å². The summed E-state index contributed by atoms with van der Waals surface area (Å²) < 4.78 is 15.8. The highest BCUT2D eigenvalue weighted by molar-refractivity contribution is 6.32. The molecule has 1 unspecified atom stereocenters. The molecule has 0 saturated carbocycles. The zero-order chi connectivity index (χ0) is 18.6. The minimum atomic E-state index is -0.265. The Kier molecular flexibility index (Phi) is 6.15. The minimum Gasteiger partial charge on any atom is -0.496 e. The van der Waals surface area contributed by atoms with Gasteiger partial charge in [0.1, 0.15) is 5.75 Å². The number of amides is 1. The first-order valence-electron chi connectivity index (χ1n) is 7.78. The van der Waals surface area contributed by atoms with Gasteiger partial charge in [-0.1, -0.05) is 29.3 Å². The van der Waals surface area contributed by atoms with Gasteiger partial charge in [-0.3, -0.25) is 4.79 Å². The lowest BCUT2D eigenvalue weighted by atomic mass is 10.0. The van der Waals surface area contributed by atoms with Gasteiger partial charge in [0.15, 0.2) is 11.5 Å². The topological polar surface area (TPSA) is 56.8 Å². The van der Waals surface area contributed by atoms with E-state index in [0.717, 1.165) is 16.9 Å². The number of halogens is 1. The summed E-state index contributed by atoms with van der Waals surface area (Å²) in [6, 6.07) is 8.75. The van der Waals surface area contributed by atoms with Crippen LogP contribution in [0.25, 0.3) is 0 Å². The molecule has 2 aromatic rings. The van der Waals surface area contributed by atoms with E-state index in [-0.39, 0.29) is 11.9 Å². The second-order valence-electron chi connectivity index (χ2n) is 5.63. The molecule has 1 N–H and O–H groups in total. The molecule has 134 valence electrons. The highest BCUT2D eigenvalue weighted by atomic mass is 35.5. The van der Waals surface area contributed by atoms with Crippen molar-refractivity contribution in [2.45, 2.75) is 19.9 Å². The zero-order valence-electron chi connectivity index (χ0n) is 15.0. The van der Waals surface area contributed by atoms with Gasteiger partial charge in [-0.15, -0.1) is 0 Å². The van der Waals surface area contributed by atoms with E-state index in [0.29, 0.717) is 22.1 Å². The molecule has 2 rings (SSSR count). The number of ether oxygens (including phenoxy) is 3. The Balaban J connectivity index is 2.28. The number of carbonyl (C=O) groups excluding carboxylic acids is 1. The molecule has 0 aliphatic rings. The molecule has 0 aliphatic heterocycles. The number of carbonyl (C=O) groups is 1. The standard InChI is InChI=1S/C19H22ClNO4/c1-11-6-7-16(23-3)14(8-11)12(2)21-19(22)13-9-15(20)18(25-5)17(10-13)24-4/h6-10,12H,1-5H3,(H,21,22). The van der Waals surface area contributed by atoms with Crippen molar-refractivity contribution < 1.29 is 19.0 Å². The van der Waals surface area contributed by atoms with Crippen LogP contribution in [-0.2, 0) is 0 Å². The van der Waals surface area contributed by atoms with E-state index >= 15 is 0 Å². The molecule has 25 heavy (non-hydrogen) atoms. The fourth-order valence-electron chi connectivity index (χ4n) is 2.60. The maximum atomic E-state index is 12.6. The molecule has 1 atom stereocenters. The summed E-state index contributed by atoms with van der Waals surface area (Å²) in [7, 11) is 4.60. The Morgan fingerprint density at radius 2 is 1.72 bits per heavy atom. The fraction of sp³-hybridized carbons (Fsp3) is 0.316. The Morgan fingerprint density at radius 1 is 1.04 bits per heavy atom. The number of hydrogen-bond acceptors (Lipinski definition) is 4. The van der Waals surface area contributed by atoms with Crippen LogP contribution in [0.2, 0.25) is 5.02 Å². The summed E-state index contributed by atoms with van der Waals surface area (Å²) in [5, 5.41) is 3.27. The zero-order valence-corrected chi connectivity index (χ0v) is 15.7. The van der Waals surface area contributed by atoms with E-state index in [1.807, 2.05) is 32.0 Å². The summed E-state index contributed by atoms with van der Waals surface area (Å²) in [6.45, 7) is 3.89. The molecular formula is C19H22ClNO4. The quantitative estimate of drug-likeness (QED) is 0.837. The van der Waals surface area contributed by atoms with E-state index in [1.54, 1.807) is 19.2 Å². The van der Waals surface area contributed by atoms with Crippen LogP contribution in [-0.4, -0.2) is 27.2 Å². The highest BCUT2D eigenvalue weighted by Gasteiger charge is 2.19. The number of rotatable bonds is 6. The molecule has 1 amide bonds. The van der Waals surface area contributed by atoms with E-state index < -0.39 is 0 Å². The Morgan fingerprint density at radius 3 is 2.32 bits per heavy atom. The molecule has 0 spiro atoms. The van der Waals surface area contributed by atoms with Gasteiger partial charge in [0.05, 0.1) is 32.4 Å². The van der Waals surface area contributed by atoms with Gasteiger partial charge < -0.3 is 19.5 Å². The predicted octanol–water partition coefficient (Wildman–Crippen LogP) is 4.17. The minimum absolute atomic E-state index is 0.241. The lowest BCUT2D eigenvalue weighted by Crippen LogP contribution is -2.27. The van der Waals surface area contributed by atoms with Gasteiger partial charge in [0.2, 0.25) is 0 Å². The molecule has 0 radical (unpaired) electrons. The summed E-state index contributed by atoms with van der Waals surface area (Å²) >= 11 is 6.17. The first-order valence-corrected chi connectivity index (χ1v) is 8.16. The maximum Gasteiger partial charge on any atom is 0.251 e. The van der Waals surface area contributed by atoms with Crippen LogP contribution >= 0.6 is 11.6 Å². The summed E-state index contributed by atoms with van der Waals surface area (Å²) in [6.07, 6.45) is 0. The summed E-state index contributed by atoms with van der Waals surface area (Å²) in [5.74, 6) is 1.26. The maximum absolute atomic E-state index is 12.6. The molecule has 5 nitrogen and oxygen atoms in total. The third-order valence-corrected chi connectivity index (χ3v) is 4.18. The van der Waals surface area contributed by atoms with Crippen molar-refractivity contribution in [3.8, 4) is 17.2 Å². The van der Waals surface area contributed by atoms with Crippen molar-refractivity contribution in [2.24, 2.45) is 0 Å². The number of methoxy groups -OCH3 is 3. The smallest absolute Gasteiger partial charge is 0.251 e. The molecule has 0 saturated heterocycles. The Bertz CT molecular complexity index is 776. The van der Waals surface area contributed by atoms with E-state index in [1.165, 1.54) is 14.2 Å². The fourth-order valence-corrected chi connectivity index (χ4v) is 2.89. The van der Waals surface area contributed by atoms with E-state index in [9.17, 15) is 4.79 Å². The van der Waals surface area contributed by atoms with Crippen molar-refractivity contribution in [2.75, 3.05) is 21.3 Å². The van der Waals surface area contributed by atoms with E-state index in [4.69, 9.17) is 25.8 Å². The first kappa shape index (κ1) is 18.9.